The van der Waals surface area contributed by atoms with Gasteiger partial charge in [-0.3, -0.25) is 14.6 Å². The Hall–Kier alpha value is -2.63. The molecule has 2 aromatic rings. The standard InChI is InChI=1S/C32H41N3O2/c1-3-19-34-27-15-16-28(34)30-18-17-29(27)35(30)31(25-9-8-10-26(22-25)37-2)23-11-13-24(14-12-23)32(36)33-20-6-4-5-7-21-33/h3,8-14,22,27-31H,1,4-7,15-21H2,2H3. The molecule has 37 heavy (non-hydrogen) atoms. The molecule has 0 aromatic heterocycles. The van der Waals surface area contributed by atoms with Gasteiger partial charge in [-0.25, -0.2) is 0 Å². The highest BCUT2D eigenvalue weighted by molar-refractivity contribution is 5.94. The van der Waals surface area contributed by atoms with Crippen LogP contribution in [0, 0.1) is 0 Å². The monoisotopic (exact) mass is 499 g/mol. The third kappa shape index (κ3) is 4.51. The van der Waals surface area contributed by atoms with E-state index in [1.807, 2.05) is 6.07 Å². The number of benzene rings is 2. The van der Waals surface area contributed by atoms with E-state index in [1.54, 1.807) is 7.11 Å². The van der Waals surface area contributed by atoms with Crippen LogP contribution in [-0.2, 0) is 0 Å². The molecule has 5 atom stereocenters. The van der Waals surface area contributed by atoms with Gasteiger partial charge in [0.1, 0.15) is 5.75 Å². The summed E-state index contributed by atoms with van der Waals surface area (Å²) in [6, 6.07) is 19.6. The summed E-state index contributed by atoms with van der Waals surface area (Å²) in [7, 11) is 1.75. The molecule has 0 spiro atoms. The first kappa shape index (κ1) is 24.7. The van der Waals surface area contributed by atoms with Gasteiger partial charge in [0.2, 0.25) is 0 Å². The van der Waals surface area contributed by atoms with Crippen molar-refractivity contribution in [2.45, 2.75) is 81.6 Å². The third-order valence-electron chi connectivity index (χ3n) is 9.44. The number of likely N-dealkylation sites (tertiary alicyclic amines) is 1. The lowest BCUT2D eigenvalue weighted by molar-refractivity contribution is -0.00329. The molecule has 1 amide bonds. The molecule has 0 aliphatic carbocycles. The van der Waals surface area contributed by atoms with E-state index in [4.69, 9.17) is 4.74 Å². The Bertz CT molecular complexity index is 1090. The van der Waals surface area contributed by atoms with Crippen molar-refractivity contribution >= 4 is 5.91 Å². The lowest BCUT2D eigenvalue weighted by Gasteiger charge is -2.50. The number of piperazine rings is 1. The van der Waals surface area contributed by atoms with Gasteiger partial charge in [-0.1, -0.05) is 43.2 Å². The molecule has 4 aliphatic heterocycles. The molecule has 5 heteroatoms. The molecule has 2 aromatic carbocycles. The number of nitrogens with zero attached hydrogens (tertiary/aromatic N) is 3. The predicted molar refractivity (Wildman–Crippen MR) is 148 cm³/mol. The Morgan fingerprint density at radius 1 is 0.919 bits per heavy atom. The highest BCUT2D eigenvalue weighted by Gasteiger charge is 2.56. The largest absolute Gasteiger partial charge is 0.497 e. The molecule has 4 fully saturated rings. The fourth-order valence-electron chi connectivity index (χ4n) is 7.83. The summed E-state index contributed by atoms with van der Waals surface area (Å²) in [5, 5.41) is 0. The van der Waals surface area contributed by atoms with Crippen molar-refractivity contribution in [1.82, 2.24) is 14.7 Å². The van der Waals surface area contributed by atoms with Crippen molar-refractivity contribution in [3.8, 4) is 5.75 Å². The van der Waals surface area contributed by atoms with Gasteiger partial charge in [0.25, 0.3) is 5.91 Å². The van der Waals surface area contributed by atoms with Crippen LogP contribution in [-0.4, -0.2) is 71.5 Å². The highest BCUT2D eigenvalue weighted by Crippen LogP contribution is 2.50. The van der Waals surface area contributed by atoms with Crippen LogP contribution in [0.15, 0.2) is 61.2 Å². The first-order valence-corrected chi connectivity index (χ1v) is 14.4. The van der Waals surface area contributed by atoms with Crippen LogP contribution in [0.3, 0.4) is 0 Å². The van der Waals surface area contributed by atoms with Gasteiger partial charge in [-0.15, -0.1) is 6.58 Å². The number of carbonyl (C=O) groups is 1. The van der Waals surface area contributed by atoms with Gasteiger partial charge in [0, 0.05) is 49.4 Å². The van der Waals surface area contributed by atoms with Crippen LogP contribution in [0.2, 0.25) is 0 Å². The Balaban J connectivity index is 1.34. The summed E-state index contributed by atoms with van der Waals surface area (Å²) in [4.78, 5) is 20.9. The number of ether oxygens (including phenoxy) is 1. The second kappa shape index (κ2) is 10.6. The SMILES string of the molecule is C=CCN1C2CCC1C1CCC2N1C(c1ccc(C(=O)N2CCCCCC2)cc1)c1cccc(OC)c1. The van der Waals surface area contributed by atoms with Crippen molar-refractivity contribution in [3.63, 3.8) is 0 Å². The molecule has 5 nitrogen and oxygen atoms in total. The molecule has 0 saturated carbocycles. The lowest BCUT2D eigenvalue weighted by Crippen LogP contribution is -2.60. The first-order chi connectivity index (χ1) is 18.2. The van der Waals surface area contributed by atoms with Gasteiger partial charge >= 0.3 is 0 Å². The van der Waals surface area contributed by atoms with E-state index in [1.165, 1.54) is 49.7 Å². The molecule has 4 saturated heterocycles. The Morgan fingerprint density at radius 3 is 2.19 bits per heavy atom. The maximum absolute atomic E-state index is 13.3. The van der Waals surface area contributed by atoms with E-state index in [9.17, 15) is 4.79 Å². The molecule has 4 bridgehead atoms. The summed E-state index contributed by atoms with van der Waals surface area (Å²) in [6.45, 7) is 6.81. The summed E-state index contributed by atoms with van der Waals surface area (Å²) in [5.41, 5.74) is 3.36. The van der Waals surface area contributed by atoms with Crippen LogP contribution in [0.4, 0.5) is 0 Å². The molecule has 0 N–H and O–H groups in total. The molecule has 6 rings (SSSR count). The maximum atomic E-state index is 13.3. The highest BCUT2D eigenvalue weighted by atomic mass is 16.5. The normalized spacial score (nSPS) is 28.6. The van der Waals surface area contributed by atoms with E-state index >= 15 is 0 Å². The molecule has 4 heterocycles. The van der Waals surface area contributed by atoms with Gasteiger partial charge < -0.3 is 9.64 Å². The molecule has 196 valence electrons. The van der Waals surface area contributed by atoms with Crippen LogP contribution in [0.5, 0.6) is 5.75 Å². The van der Waals surface area contributed by atoms with Crippen molar-refractivity contribution in [1.29, 1.82) is 0 Å². The van der Waals surface area contributed by atoms with Gasteiger partial charge in [-0.2, -0.15) is 0 Å². The Labute approximate surface area is 222 Å². The van der Waals surface area contributed by atoms with E-state index < -0.39 is 0 Å². The second-order valence-electron chi connectivity index (χ2n) is 11.4. The average Bonchev–Trinajstić information content (AvgIpc) is 3.30. The zero-order valence-corrected chi connectivity index (χ0v) is 22.2. The van der Waals surface area contributed by atoms with Gasteiger partial charge in [0.05, 0.1) is 13.2 Å². The fourth-order valence-corrected chi connectivity index (χ4v) is 7.83. The number of hydrogen-bond donors (Lipinski definition) is 0. The molecular weight excluding hydrogens is 458 g/mol. The number of fused-ring (bicyclic) bond motifs is 6. The van der Waals surface area contributed by atoms with E-state index in [0.717, 1.165) is 43.8 Å². The van der Waals surface area contributed by atoms with Crippen molar-refractivity contribution < 1.29 is 9.53 Å². The predicted octanol–water partition coefficient (Wildman–Crippen LogP) is 5.67. The summed E-state index contributed by atoms with van der Waals surface area (Å²) in [5.74, 6) is 1.08. The maximum Gasteiger partial charge on any atom is 0.253 e. The average molecular weight is 500 g/mol. The minimum Gasteiger partial charge on any atom is -0.497 e. The zero-order valence-electron chi connectivity index (χ0n) is 22.2. The molecule has 0 radical (unpaired) electrons. The minimum absolute atomic E-state index is 0.156. The molecular formula is C32H41N3O2. The zero-order chi connectivity index (χ0) is 25.4. The quantitative estimate of drug-likeness (QED) is 0.460. The smallest absolute Gasteiger partial charge is 0.253 e. The molecule has 5 unspecified atom stereocenters. The van der Waals surface area contributed by atoms with Crippen molar-refractivity contribution in [3.05, 3.63) is 77.9 Å². The topological polar surface area (TPSA) is 36.0 Å². The fraction of sp³-hybridized carbons (Fsp3) is 0.531. The first-order valence-electron chi connectivity index (χ1n) is 14.4. The lowest BCUT2D eigenvalue weighted by atomic mass is 9.91. The summed E-state index contributed by atoms with van der Waals surface area (Å²) >= 11 is 0. The Morgan fingerprint density at radius 2 is 1.57 bits per heavy atom. The Kier molecular flexibility index (Phi) is 7.09. The van der Waals surface area contributed by atoms with Crippen LogP contribution in [0.1, 0.15) is 78.9 Å². The number of hydrogen-bond acceptors (Lipinski definition) is 4. The van der Waals surface area contributed by atoms with Crippen LogP contribution < -0.4 is 4.74 Å². The summed E-state index contributed by atoms with van der Waals surface area (Å²) in [6.07, 6.45) is 11.9. The van der Waals surface area contributed by atoms with Crippen LogP contribution in [0.25, 0.3) is 0 Å². The third-order valence-corrected chi connectivity index (χ3v) is 9.44. The number of carbonyl (C=O) groups excluding carboxylic acids is 1. The molecule has 4 aliphatic rings. The van der Waals surface area contributed by atoms with E-state index in [2.05, 4.69) is 69.8 Å². The minimum atomic E-state index is 0.156. The van der Waals surface area contributed by atoms with Crippen LogP contribution >= 0.6 is 0 Å². The van der Waals surface area contributed by atoms with E-state index in [-0.39, 0.29) is 11.9 Å². The number of rotatable bonds is 7. The number of methoxy groups -OCH3 is 1. The van der Waals surface area contributed by atoms with Crippen molar-refractivity contribution in [2.75, 3.05) is 26.7 Å². The van der Waals surface area contributed by atoms with Gasteiger partial charge in [-0.05, 0) is 73.9 Å². The van der Waals surface area contributed by atoms with Gasteiger partial charge in [0.15, 0.2) is 0 Å². The summed E-state index contributed by atoms with van der Waals surface area (Å²) < 4.78 is 5.64. The second-order valence-corrected chi connectivity index (χ2v) is 11.4. The number of amides is 1. The van der Waals surface area contributed by atoms with E-state index in [0.29, 0.717) is 24.2 Å². The van der Waals surface area contributed by atoms with Crippen molar-refractivity contribution in [2.24, 2.45) is 0 Å².